The Labute approximate surface area is 104 Å². The Morgan fingerprint density at radius 1 is 1.35 bits per heavy atom. The molecule has 0 spiro atoms. The van der Waals surface area contributed by atoms with Gasteiger partial charge in [0.2, 0.25) is 0 Å². The molecule has 1 atom stereocenters. The maximum Gasteiger partial charge on any atom is 0.0623 e. The summed E-state index contributed by atoms with van der Waals surface area (Å²) in [5, 5.41) is 0. The summed E-state index contributed by atoms with van der Waals surface area (Å²) < 4.78 is 5.43. The molecule has 0 aliphatic carbocycles. The van der Waals surface area contributed by atoms with Crippen molar-refractivity contribution in [3.63, 3.8) is 0 Å². The van der Waals surface area contributed by atoms with E-state index >= 15 is 0 Å². The number of hydrogen-bond donors (Lipinski definition) is 2. The van der Waals surface area contributed by atoms with Gasteiger partial charge in [0.25, 0.3) is 0 Å². The number of nitrogens with two attached hydrogens (primary N) is 1. The number of hydrazine groups is 1. The monoisotopic (exact) mass is 236 g/mol. The third kappa shape index (κ3) is 4.11. The average molecular weight is 236 g/mol. The Hall–Kier alpha value is -0.900. The van der Waals surface area contributed by atoms with Crippen LogP contribution in [0.5, 0.6) is 0 Å². The maximum absolute atomic E-state index is 5.65. The van der Waals surface area contributed by atoms with Crippen molar-refractivity contribution in [2.45, 2.75) is 45.3 Å². The van der Waals surface area contributed by atoms with Gasteiger partial charge in [-0.3, -0.25) is 11.3 Å². The molecule has 0 aromatic heterocycles. The predicted octanol–water partition coefficient (Wildman–Crippen LogP) is 2.70. The smallest absolute Gasteiger partial charge is 0.0623 e. The second-order valence-corrected chi connectivity index (χ2v) is 5.08. The zero-order valence-corrected chi connectivity index (χ0v) is 11.3. The lowest BCUT2D eigenvalue weighted by molar-refractivity contribution is 0.0116. The van der Waals surface area contributed by atoms with Crippen molar-refractivity contribution < 1.29 is 4.74 Å². The molecule has 0 fully saturated rings. The molecule has 1 aromatic carbocycles. The summed E-state index contributed by atoms with van der Waals surface area (Å²) >= 11 is 0. The highest BCUT2D eigenvalue weighted by Crippen LogP contribution is 2.25. The van der Waals surface area contributed by atoms with Crippen LogP contribution in [-0.4, -0.2) is 12.7 Å². The zero-order chi connectivity index (χ0) is 12.9. The van der Waals surface area contributed by atoms with Crippen LogP contribution in [0.2, 0.25) is 0 Å². The minimum Gasteiger partial charge on any atom is -0.379 e. The topological polar surface area (TPSA) is 47.3 Å². The van der Waals surface area contributed by atoms with Gasteiger partial charge in [0.05, 0.1) is 5.60 Å². The highest BCUT2D eigenvalue weighted by atomic mass is 16.5. The Kier molecular flexibility index (Phi) is 5.12. The van der Waals surface area contributed by atoms with Crippen LogP contribution in [0.1, 0.15) is 43.9 Å². The summed E-state index contributed by atoms with van der Waals surface area (Å²) in [6.07, 6.45) is 1.93. The van der Waals surface area contributed by atoms with Gasteiger partial charge in [0, 0.05) is 13.2 Å². The van der Waals surface area contributed by atoms with E-state index in [0.29, 0.717) is 0 Å². The van der Waals surface area contributed by atoms with Crippen LogP contribution < -0.4 is 11.3 Å². The Bertz CT molecular complexity index is 350. The number of rotatable bonds is 6. The van der Waals surface area contributed by atoms with Crippen LogP contribution in [-0.2, 0) is 4.74 Å². The fourth-order valence-corrected chi connectivity index (χ4v) is 1.90. The summed E-state index contributed by atoms with van der Waals surface area (Å²) in [7, 11) is 1.75. The fraction of sp³-hybridized carbons (Fsp3) is 0.571. The number of hydrogen-bond acceptors (Lipinski definition) is 3. The Morgan fingerprint density at radius 2 is 2.00 bits per heavy atom. The van der Waals surface area contributed by atoms with Crippen LogP contribution in [0.25, 0.3) is 0 Å². The molecule has 0 amide bonds. The molecule has 0 heterocycles. The van der Waals surface area contributed by atoms with Crippen LogP contribution in [0, 0.1) is 6.92 Å². The van der Waals surface area contributed by atoms with E-state index < -0.39 is 0 Å². The molecule has 96 valence electrons. The molecular formula is C14H24N2O. The summed E-state index contributed by atoms with van der Waals surface area (Å²) in [4.78, 5) is 0. The van der Waals surface area contributed by atoms with Crippen molar-refractivity contribution in [2.75, 3.05) is 7.11 Å². The molecular weight excluding hydrogens is 212 g/mol. The van der Waals surface area contributed by atoms with Crippen molar-refractivity contribution in [3.05, 3.63) is 35.4 Å². The first-order valence-corrected chi connectivity index (χ1v) is 6.07. The van der Waals surface area contributed by atoms with E-state index in [4.69, 9.17) is 10.6 Å². The predicted molar refractivity (Wildman–Crippen MR) is 71.6 cm³/mol. The van der Waals surface area contributed by atoms with Crippen LogP contribution in [0.15, 0.2) is 24.3 Å². The lowest BCUT2D eigenvalue weighted by atomic mass is 9.93. The fourth-order valence-electron chi connectivity index (χ4n) is 1.90. The summed E-state index contributed by atoms with van der Waals surface area (Å²) in [5.74, 6) is 5.65. The third-order valence-corrected chi connectivity index (χ3v) is 3.35. The first kappa shape index (κ1) is 14.2. The number of aryl methyl sites for hydroxylation is 1. The number of nitrogens with one attached hydrogen (secondary N) is 1. The van der Waals surface area contributed by atoms with Crippen LogP contribution in [0.4, 0.5) is 0 Å². The molecule has 0 aliphatic rings. The van der Waals surface area contributed by atoms with E-state index in [1.54, 1.807) is 7.11 Å². The van der Waals surface area contributed by atoms with E-state index in [1.165, 1.54) is 11.1 Å². The van der Waals surface area contributed by atoms with Crippen molar-refractivity contribution in [2.24, 2.45) is 5.84 Å². The van der Waals surface area contributed by atoms with E-state index in [9.17, 15) is 0 Å². The summed E-state index contributed by atoms with van der Waals surface area (Å²) in [5.41, 5.74) is 5.34. The molecule has 0 aliphatic heterocycles. The molecule has 3 N–H and O–H groups in total. The second-order valence-electron chi connectivity index (χ2n) is 5.08. The molecule has 0 bridgehead atoms. The van der Waals surface area contributed by atoms with Crippen molar-refractivity contribution in [1.82, 2.24) is 5.43 Å². The minimum atomic E-state index is -0.0994. The third-order valence-electron chi connectivity index (χ3n) is 3.35. The van der Waals surface area contributed by atoms with Crippen molar-refractivity contribution in [3.8, 4) is 0 Å². The molecule has 1 unspecified atom stereocenters. The van der Waals surface area contributed by atoms with Crippen molar-refractivity contribution >= 4 is 0 Å². The lowest BCUT2D eigenvalue weighted by Gasteiger charge is -2.26. The molecule has 1 aromatic rings. The first-order valence-electron chi connectivity index (χ1n) is 6.07. The molecule has 3 heteroatoms. The van der Waals surface area contributed by atoms with Gasteiger partial charge in [-0.25, -0.2) is 0 Å². The van der Waals surface area contributed by atoms with Gasteiger partial charge in [0.15, 0.2) is 0 Å². The van der Waals surface area contributed by atoms with E-state index in [2.05, 4.69) is 38.3 Å². The summed E-state index contributed by atoms with van der Waals surface area (Å²) in [6, 6.07) is 8.52. The van der Waals surface area contributed by atoms with Crippen LogP contribution >= 0.6 is 0 Å². The quantitative estimate of drug-likeness (QED) is 0.589. The molecule has 17 heavy (non-hydrogen) atoms. The highest BCUT2D eigenvalue weighted by molar-refractivity contribution is 5.28. The van der Waals surface area contributed by atoms with Gasteiger partial charge in [-0.1, -0.05) is 24.3 Å². The molecule has 3 nitrogen and oxygen atoms in total. The molecule has 0 saturated heterocycles. The lowest BCUT2D eigenvalue weighted by Crippen LogP contribution is -2.31. The average Bonchev–Trinajstić information content (AvgIpc) is 2.32. The number of methoxy groups -OCH3 is 1. The number of benzene rings is 1. The standard InChI is InChI=1S/C14H24N2O/c1-11-7-5-6-8-12(11)13(16-15)9-10-14(2,3)17-4/h5-8,13,16H,9-10,15H2,1-4H3. The van der Waals surface area contributed by atoms with E-state index in [1.807, 2.05) is 12.1 Å². The molecule has 0 radical (unpaired) electrons. The van der Waals surface area contributed by atoms with E-state index in [-0.39, 0.29) is 11.6 Å². The molecule has 1 rings (SSSR count). The first-order chi connectivity index (χ1) is 8.00. The number of ether oxygens (including phenoxy) is 1. The summed E-state index contributed by atoms with van der Waals surface area (Å²) in [6.45, 7) is 6.30. The van der Waals surface area contributed by atoms with Crippen LogP contribution in [0.3, 0.4) is 0 Å². The second kappa shape index (κ2) is 6.15. The normalized spacial score (nSPS) is 13.7. The Morgan fingerprint density at radius 3 is 2.53 bits per heavy atom. The maximum atomic E-state index is 5.65. The van der Waals surface area contributed by atoms with Gasteiger partial charge in [0.1, 0.15) is 0 Å². The molecule has 0 saturated carbocycles. The minimum absolute atomic E-state index is 0.0994. The Balaban J connectivity index is 2.70. The van der Waals surface area contributed by atoms with Gasteiger partial charge < -0.3 is 4.74 Å². The van der Waals surface area contributed by atoms with Gasteiger partial charge in [-0.2, -0.15) is 0 Å². The largest absolute Gasteiger partial charge is 0.379 e. The highest BCUT2D eigenvalue weighted by Gasteiger charge is 2.20. The van der Waals surface area contributed by atoms with Gasteiger partial charge in [-0.15, -0.1) is 0 Å². The SMILES string of the molecule is COC(C)(C)CCC(NN)c1ccccc1C. The zero-order valence-electron chi connectivity index (χ0n) is 11.3. The van der Waals surface area contributed by atoms with E-state index in [0.717, 1.165) is 12.8 Å². The van der Waals surface area contributed by atoms with Gasteiger partial charge >= 0.3 is 0 Å². The van der Waals surface area contributed by atoms with Gasteiger partial charge in [-0.05, 0) is 44.7 Å². The van der Waals surface area contributed by atoms with Crippen molar-refractivity contribution in [1.29, 1.82) is 0 Å².